The zero-order valence-electron chi connectivity index (χ0n) is 15.2. The lowest BCUT2D eigenvalue weighted by Gasteiger charge is -2.28. The van der Waals surface area contributed by atoms with Crippen molar-refractivity contribution in [1.82, 2.24) is 0 Å². The summed E-state index contributed by atoms with van der Waals surface area (Å²) in [5.74, 6) is 1.28. The summed E-state index contributed by atoms with van der Waals surface area (Å²) in [4.78, 5) is 12.3. The zero-order valence-corrected chi connectivity index (χ0v) is 15.2. The number of allylic oxidation sites excluding steroid dienone is 1. The number of benzene rings is 1. The molecule has 27 heavy (non-hydrogen) atoms. The molecule has 142 valence electrons. The summed E-state index contributed by atoms with van der Waals surface area (Å²) in [5.41, 5.74) is 2.97. The Morgan fingerprint density at radius 3 is 2.56 bits per heavy atom. The average Bonchev–Trinajstić information content (AvgIpc) is 2.72. The molecule has 1 aromatic heterocycles. The minimum Gasteiger partial charge on any atom is -0.491 e. The summed E-state index contributed by atoms with van der Waals surface area (Å²) < 4.78 is 11.2. The standard InChI is InChI=1S/C22H24O5/c23-18(13-26-14-7-2-1-3-8-14)21(24)17-11-6-12-19-20(17)15-9-4-5-10-16(15)22(25)27-19/h1-3,7-8,11,18,21,23-24H,4-6,9-10,12-13H2. The Hall–Kier alpha value is -2.37. The summed E-state index contributed by atoms with van der Waals surface area (Å²) >= 11 is 0. The lowest BCUT2D eigenvalue weighted by atomic mass is 9.81. The molecule has 5 nitrogen and oxygen atoms in total. The van der Waals surface area contributed by atoms with Crippen LogP contribution in [0.25, 0.3) is 5.57 Å². The van der Waals surface area contributed by atoms with E-state index in [0.717, 1.165) is 36.0 Å². The van der Waals surface area contributed by atoms with Crippen molar-refractivity contribution in [2.24, 2.45) is 0 Å². The highest BCUT2D eigenvalue weighted by atomic mass is 16.5. The van der Waals surface area contributed by atoms with Gasteiger partial charge in [-0.05, 0) is 55.4 Å². The maximum atomic E-state index is 12.3. The van der Waals surface area contributed by atoms with Crippen molar-refractivity contribution in [3.8, 4) is 5.75 Å². The molecular formula is C22H24O5. The highest BCUT2D eigenvalue weighted by Gasteiger charge is 2.31. The second-order valence-electron chi connectivity index (χ2n) is 7.19. The molecule has 2 aliphatic carbocycles. The van der Waals surface area contributed by atoms with Crippen molar-refractivity contribution in [3.05, 3.63) is 69.3 Å². The van der Waals surface area contributed by atoms with Gasteiger partial charge in [0, 0.05) is 17.5 Å². The SMILES string of the molecule is O=c1oc2c(c3c1CCCC3)C(C(O)C(O)COc1ccccc1)=CCC2. The molecule has 0 saturated heterocycles. The second kappa shape index (κ2) is 7.71. The average molecular weight is 368 g/mol. The van der Waals surface area contributed by atoms with Crippen molar-refractivity contribution in [3.63, 3.8) is 0 Å². The first-order valence-electron chi connectivity index (χ1n) is 9.57. The fourth-order valence-corrected chi connectivity index (χ4v) is 4.04. The predicted octanol–water partition coefficient (Wildman–Crippen LogP) is 2.65. The van der Waals surface area contributed by atoms with Gasteiger partial charge in [-0.25, -0.2) is 4.79 Å². The second-order valence-corrected chi connectivity index (χ2v) is 7.19. The number of aliphatic hydroxyl groups is 2. The molecule has 1 aromatic carbocycles. The molecule has 2 atom stereocenters. The van der Waals surface area contributed by atoms with Crippen LogP contribution >= 0.6 is 0 Å². The van der Waals surface area contributed by atoms with E-state index in [4.69, 9.17) is 9.15 Å². The molecule has 4 rings (SSSR count). The number of ether oxygens (including phenoxy) is 1. The van der Waals surface area contributed by atoms with E-state index < -0.39 is 12.2 Å². The first-order chi connectivity index (χ1) is 13.1. The van der Waals surface area contributed by atoms with Crippen LogP contribution in [0.2, 0.25) is 0 Å². The molecular weight excluding hydrogens is 344 g/mol. The largest absolute Gasteiger partial charge is 0.491 e. The Labute approximate surface area is 157 Å². The molecule has 0 spiro atoms. The number of hydrogen-bond acceptors (Lipinski definition) is 5. The first kappa shape index (κ1) is 18.0. The minimum atomic E-state index is -1.09. The van der Waals surface area contributed by atoms with Gasteiger partial charge in [0.15, 0.2) is 0 Å². The molecule has 0 aliphatic heterocycles. The Kier molecular flexibility index (Phi) is 5.14. The molecule has 0 fully saturated rings. The Bertz CT molecular complexity index is 897. The molecule has 0 saturated carbocycles. The van der Waals surface area contributed by atoms with Gasteiger partial charge in [-0.2, -0.15) is 0 Å². The highest BCUT2D eigenvalue weighted by molar-refractivity contribution is 5.75. The number of aliphatic hydroxyl groups excluding tert-OH is 2. The summed E-state index contributed by atoms with van der Waals surface area (Å²) in [6.45, 7) is -0.0170. The van der Waals surface area contributed by atoms with Crippen molar-refractivity contribution < 1.29 is 19.4 Å². The van der Waals surface area contributed by atoms with E-state index >= 15 is 0 Å². The molecule has 1 heterocycles. The third-order valence-corrected chi connectivity index (χ3v) is 5.38. The van der Waals surface area contributed by atoms with E-state index in [1.165, 1.54) is 0 Å². The van der Waals surface area contributed by atoms with Gasteiger partial charge in [0.2, 0.25) is 0 Å². The van der Waals surface area contributed by atoms with E-state index in [1.54, 1.807) is 12.1 Å². The van der Waals surface area contributed by atoms with Crippen LogP contribution in [0.3, 0.4) is 0 Å². The number of rotatable bonds is 5. The topological polar surface area (TPSA) is 79.9 Å². The number of aryl methyl sites for hydroxylation is 1. The van der Waals surface area contributed by atoms with Crippen LogP contribution in [0, 0.1) is 0 Å². The van der Waals surface area contributed by atoms with Crippen molar-refractivity contribution in [1.29, 1.82) is 0 Å². The van der Waals surface area contributed by atoms with Crippen LogP contribution in [-0.2, 0) is 19.3 Å². The molecule has 2 aliphatic rings. The number of fused-ring (bicyclic) bond motifs is 3. The Morgan fingerprint density at radius 1 is 1.04 bits per heavy atom. The van der Waals surface area contributed by atoms with Gasteiger partial charge in [0.05, 0.1) is 0 Å². The van der Waals surface area contributed by atoms with Gasteiger partial charge in [0.25, 0.3) is 0 Å². The summed E-state index contributed by atoms with van der Waals surface area (Å²) in [6.07, 6.45) is 4.63. The zero-order chi connectivity index (χ0) is 18.8. The van der Waals surface area contributed by atoms with Gasteiger partial charge >= 0.3 is 5.63 Å². The van der Waals surface area contributed by atoms with Gasteiger partial charge in [-0.3, -0.25) is 0 Å². The first-order valence-corrected chi connectivity index (χ1v) is 9.57. The van der Waals surface area contributed by atoms with Crippen molar-refractivity contribution in [2.45, 2.75) is 50.7 Å². The minimum absolute atomic E-state index is 0.0170. The van der Waals surface area contributed by atoms with Crippen LogP contribution in [0.1, 0.15) is 41.7 Å². The third kappa shape index (κ3) is 3.57. The normalized spacial score (nSPS) is 18.1. The lowest BCUT2D eigenvalue weighted by molar-refractivity contribution is 0.0210. The summed E-state index contributed by atoms with van der Waals surface area (Å²) in [7, 11) is 0. The van der Waals surface area contributed by atoms with E-state index in [1.807, 2.05) is 24.3 Å². The molecule has 2 aromatic rings. The van der Waals surface area contributed by atoms with Crippen molar-refractivity contribution in [2.75, 3.05) is 6.61 Å². The van der Waals surface area contributed by atoms with Crippen LogP contribution in [0.15, 0.2) is 45.6 Å². The van der Waals surface area contributed by atoms with Crippen LogP contribution in [0.4, 0.5) is 0 Å². The molecule has 0 bridgehead atoms. The van der Waals surface area contributed by atoms with E-state index in [9.17, 15) is 15.0 Å². The van der Waals surface area contributed by atoms with E-state index in [-0.39, 0.29) is 12.2 Å². The van der Waals surface area contributed by atoms with Crippen LogP contribution < -0.4 is 10.4 Å². The fraction of sp³-hybridized carbons (Fsp3) is 0.409. The maximum Gasteiger partial charge on any atom is 0.339 e. The van der Waals surface area contributed by atoms with Gasteiger partial charge < -0.3 is 19.4 Å². The quantitative estimate of drug-likeness (QED) is 0.848. The van der Waals surface area contributed by atoms with Gasteiger partial charge in [-0.1, -0.05) is 24.3 Å². The van der Waals surface area contributed by atoms with Crippen molar-refractivity contribution >= 4 is 5.57 Å². The van der Waals surface area contributed by atoms with Crippen LogP contribution in [0.5, 0.6) is 5.75 Å². The molecule has 0 radical (unpaired) electrons. The van der Waals surface area contributed by atoms with E-state index in [0.29, 0.717) is 36.3 Å². The molecule has 2 N–H and O–H groups in total. The smallest absolute Gasteiger partial charge is 0.339 e. The fourth-order valence-electron chi connectivity index (χ4n) is 4.04. The summed E-state index contributed by atoms with van der Waals surface area (Å²) in [6, 6.07) is 9.20. The maximum absolute atomic E-state index is 12.3. The highest BCUT2D eigenvalue weighted by Crippen LogP contribution is 2.36. The number of hydrogen-bond donors (Lipinski definition) is 2. The summed E-state index contributed by atoms with van der Waals surface area (Å²) in [5, 5.41) is 21.3. The van der Waals surface area contributed by atoms with Gasteiger partial charge in [0.1, 0.15) is 30.3 Å². The third-order valence-electron chi connectivity index (χ3n) is 5.38. The predicted molar refractivity (Wildman–Crippen MR) is 102 cm³/mol. The van der Waals surface area contributed by atoms with Gasteiger partial charge in [-0.15, -0.1) is 0 Å². The molecule has 5 heteroatoms. The molecule has 0 amide bonds. The monoisotopic (exact) mass is 368 g/mol. The lowest BCUT2D eigenvalue weighted by Crippen LogP contribution is -2.34. The number of para-hydroxylation sites is 1. The molecule has 2 unspecified atom stereocenters. The Balaban J connectivity index is 1.59. The van der Waals surface area contributed by atoms with Crippen LogP contribution in [-0.4, -0.2) is 29.0 Å². The van der Waals surface area contributed by atoms with E-state index in [2.05, 4.69) is 0 Å². The Morgan fingerprint density at radius 2 is 1.78 bits per heavy atom.